The molecule has 0 unspecified atom stereocenters. The van der Waals surface area contributed by atoms with Crippen molar-refractivity contribution in [2.75, 3.05) is 13.1 Å². The largest absolute Gasteiger partial charge is 0.337 e. The summed E-state index contributed by atoms with van der Waals surface area (Å²) in [6, 6.07) is 1.14. The second-order valence-electron chi connectivity index (χ2n) is 4.08. The summed E-state index contributed by atoms with van der Waals surface area (Å²) >= 11 is 5.67. The van der Waals surface area contributed by atoms with Gasteiger partial charge in [-0.2, -0.15) is 0 Å². The van der Waals surface area contributed by atoms with E-state index in [1.807, 2.05) is 0 Å². The summed E-state index contributed by atoms with van der Waals surface area (Å²) in [5, 5.41) is 10.9. The number of rotatable bonds is 2. The Morgan fingerprint density at radius 2 is 2.39 bits per heavy atom. The van der Waals surface area contributed by atoms with Crippen molar-refractivity contribution in [3.05, 3.63) is 33.1 Å². The molecule has 1 aromatic rings. The minimum atomic E-state index is -0.646. The predicted molar refractivity (Wildman–Crippen MR) is 64.4 cm³/mol. The maximum atomic E-state index is 12.1. The lowest BCUT2D eigenvalue weighted by Crippen LogP contribution is -2.32. The molecule has 0 aromatic carbocycles. The lowest BCUT2D eigenvalue weighted by molar-refractivity contribution is -0.385. The van der Waals surface area contributed by atoms with Crippen LogP contribution in [0.5, 0.6) is 0 Å². The fraction of sp³-hybridized carbons (Fsp3) is 0.400. The molecule has 1 amide bonds. The van der Waals surface area contributed by atoms with Gasteiger partial charge in [0.05, 0.1) is 4.92 Å². The monoisotopic (exact) mass is 270 g/mol. The molecule has 7 nitrogen and oxygen atoms in total. The van der Waals surface area contributed by atoms with Crippen LogP contribution in [-0.4, -0.2) is 39.8 Å². The van der Waals surface area contributed by atoms with Gasteiger partial charge in [0.1, 0.15) is 16.9 Å². The molecule has 2 heterocycles. The average Bonchev–Trinajstić information content (AvgIpc) is 2.74. The first kappa shape index (κ1) is 12.7. The third-order valence-corrected chi connectivity index (χ3v) is 3.00. The van der Waals surface area contributed by atoms with Crippen LogP contribution in [0, 0.1) is 10.1 Å². The second-order valence-corrected chi connectivity index (χ2v) is 4.47. The van der Waals surface area contributed by atoms with E-state index in [0.717, 1.165) is 6.20 Å². The lowest BCUT2D eigenvalue weighted by atomic mass is 10.2. The summed E-state index contributed by atoms with van der Waals surface area (Å²) in [4.78, 5) is 27.4. The van der Waals surface area contributed by atoms with Gasteiger partial charge in [0.15, 0.2) is 0 Å². The topological polar surface area (TPSA) is 102 Å². The highest BCUT2D eigenvalue weighted by molar-refractivity contribution is 6.29. The summed E-state index contributed by atoms with van der Waals surface area (Å²) in [5.41, 5.74) is 5.31. The molecule has 0 radical (unpaired) electrons. The van der Waals surface area contributed by atoms with Crippen LogP contribution < -0.4 is 5.73 Å². The van der Waals surface area contributed by atoms with E-state index < -0.39 is 10.8 Å². The number of nitrogens with two attached hydrogens (primary N) is 1. The number of hydrogen-bond acceptors (Lipinski definition) is 5. The number of halogens is 1. The molecule has 1 saturated heterocycles. The number of carbonyl (C=O) groups excluding carboxylic acids is 1. The van der Waals surface area contributed by atoms with Crippen molar-refractivity contribution in [1.29, 1.82) is 0 Å². The Labute approximate surface area is 108 Å². The van der Waals surface area contributed by atoms with E-state index >= 15 is 0 Å². The van der Waals surface area contributed by atoms with Crippen LogP contribution in [0.3, 0.4) is 0 Å². The van der Waals surface area contributed by atoms with Gasteiger partial charge in [-0.15, -0.1) is 0 Å². The number of pyridine rings is 1. The van der Waals surface area contributed by atoms with Gasteiger partial charge in [0.2, 0.25) is 0 Å². The van der Waals surface area contributed by atoms with Crippen LogP contribution in [0.25, 0.3) is 0 Å². The first-order valence-electron chi connectivity index (χ1n) is 5.34. The smallest absolute Gasteiger partial charge is 0.300 e. The van der Waals surface area contributed by atoms with Gasteiger partial charge in [0, 0.05) is 19.1 Å². The van der Waals surface area contributed by atoms with Crippen LogP contribution in [0.15, 0.2) is 12.3 Å². The third kappa shape index (κ3) is 2.41. The Kier molecular flexibility index (Phi) is 3.44. The van der Waals surface area contributed by atoms with Gasteiger partial charge < -0.3 is 10.6 Å². The maximum Gasteiger partial charge on any atom is 0.300 e. The third-order valence-electron chi connectivity index (χ3n) is 2.79. The molecule has 0 bridgehead atoms. The van der Waals surface area contributed by atoms with Crippen molar-refractivity contribution in [2.24, 2.45) is 5.73 Å². The molecular formula is C10H11ClN4O3. The second kappa shape index (κ2) is 4.87. The van der Waals surface area contributed by atoms with Crippen molar-refractivity contribution in [2.45, 2.75) is 12.5 Å². The van der Waals surface area contributed by atoms with E-state index in [-0.39, 0.29) is 22.4 Å². The Hall–Kier alpha value is -1.73. The number of aromatic nitrogens is 1. The molecule has 2 N–H and O–H groups in total. The molecule has 1 aliphatic rings. The van der Waals surface area contributed by atoms with Crippen LogP contribution in [0.2, 0.25) is 5.15 Å². The van der Waals surface area contributed by atoms with Gasteiger partial charge in [-0.05, 0) is 12.5 Å². The fourth-order valence-electron chi connectivity index (χ4n) is 1.88. The number of nitro groups is 1. The molecule has 0 saturated carbocycles. The fourth-order valence-corrected chi connectivity index (χ4v) is 2.04. The molecule has 2 rings (SSSR count). The van der Waals surface area contributed by atoms with Gasteiger partial charge >= 0.3 is 0 Å². The molecule has 0 aliphatic carbocycles. The van der Waals surface area contributed by atoms with Crippen LogP contribution in [-0.2, 0) is 0 Å². The number of carbonyl (C=O) groups is 1. The molecule has 0 spiro atoms. The summed E-state index contributed by atoms with van der Waals surface area (Å²) in [6.45, 7) is 0.896. The van der Waals surface area contributed by atoms with E-state index in [2.05, 4.69) is 4.98 Å². The van der Waals surface area contributed by atoms with Crippen molar-refractivity contribution in [3.63, 3.8) is 0 Å². The summed E-state index contributed by atoms with van der Waals surface area (Å²) in [6.07, 6.45) is 1.68. The summed E-state index contributed by atoms with van der Waals surface area (Å²) < 4.78 is 0. The molecule has 18 heavy (non-hydrogen) atoms. The SMILES string of the molecule is N[C@@H]1CCN(C(=O)c2cc(Cl)ncc2[N+](=O)[O-])C1. The number of likely N-dealkylation sites (tertiary alicyclic amines) is 1. The highest BCUT2D eigenvalue weighted by atomic mass is 35.5. The predicted octanol–water partition coefficient (Wildman–Crippen LogP) is 0.816. The molecule has 1 aromatic heterocycles. The number of amides is 1. The van der Waals surface area contributed by atoms with Crippen LogP contribution >= 0.6 is 11.6 Å². The Morgan fingerprint density at radius 3 is 2.94 bits per heavy atom. The van der Waals surface area contributed by atoms with E-state index in [0.29, 0.717) is 19.5 Å². The zero-order valence-corrected chi connectivity index (χ0v) is 10.1. The van der Waals surface area contributed by atoms with Gasteiger partial charge in [-0.3, -0.25) is 14.9 Å². The molecular weight excluding hydrogens is 260 g/mol. The van der Waals surface area contributed by atoms with Gasteiger partial charge in [-0.1, -0.05) is 11.6 Å². The van der Waals surface area contributed by atoms with E-state index in [9.17, 15) is 14.9 Å². The quantitative estimate of drug-likeness (QED) is 0.487. The van der Waals surface area contributed by atoms with Crippen LogP contribution in [0.1, 0.15) is 16.8 Å². The zero-order chi connectivity index (χ0) is 13.3. The Bertz CT molecular complexity index is 508. The van der Waals surface area contributed by atoms with Gasteiger partial charge in [-0.25, -0.2) is 4.98 Å². The van der Waals surface area contributed by atoms with E-state index in [1.165, 1.54) is 11.0 Å². The maximum absolute atomic E-state index is 12.1. The Morgan fingerprint density at radius 1 is 1.67 bits per heavy atom. The summed E-state index contributed by atoms with van der Waals surface area (Å²) in [5.74, 6) is -0.432. The van der Waals surface area contributed by atoms with Crippen molar-refractivity contribution in [1.82, 2.24) is 9.88 Å². The molecule has 1 aliphatic heterocycles. The molecule has 8 heteroatoms. The molecule has 1 atom stereocenters. The molecule has 1 fully saturated rings. The highest BCUT2D eigenvalue weighted by Gasteiger charge is 2.29. The number of hydrogen-bond donors (Lipinski definition) is 1. The van der Waals surface area contributed by atoms with E-state index in [4.69, 9.17) is 17.3 Å². The average molecular weight is 271 g/mol. The minimum Gasteiger partial charge on any atom is -0.337 e. The highest BCUT2D eigenvalue weighted by Crippen LogP contribution is 2.23. The van der Waals surface area contributed by atoms with E-state index in [1.54, 1.807) is 0 Å². The first-order chi connectivity index (χ1) is 8.49. The van der Waals surface area contributed by atoms with Crippen LogP contribution in [0.4, 0.5) is 5.69 Å². The lowest BCUT2D eigenvalue weighted by Gasteiger charge is -2.15. The summed E-state index contributed by atoms with van der Waals surface area (Å²) in [7, 11) is 0. The standard InChI is InChI=1S/C10H11ClN4O3/c11-9-3-7(8(4-13-9)15(17)18)10(16)14-2-1-6(12)5-14/h3-4,6H,1-2,5,12H2/t6-/m1/s1. The minimum absolute atomic E-state index is 0.0471. The zero-order valence-electron chi connectivity index (χ0n) is 9.38. The normalized spacial score (nSPS) is 19.0. The van der Waals surface area contributed by atoms with Gasteiger partial charge in [0.25, 0.3) is 11.6 Å². The molecule has 96 valence electrons. The van der Waals surface area contributed by atoms with Crippen molar-refractivity contribution >= 4 is 23.2 Å². The first-order valence-corrected chi connectivity index (χ1v) is 5.71. The Balaban J connectivity index is 2.34. The van der Waals surface area contributed by atoms with Crippen molar-refractivity contribution < 1.29 is 9.72 Å². The number of nitrogens with zero attached hydrogens (tertiary/aromatic N) is 3. The van der Waals surface area contributed by atoms with Crippen molar-refractivity contribution in [3.8, 4) is 0 Å².